The third kappa shape index (κ3) is 4.99. The first kappa shape index (κ1) is 20.8. The Morgan fingerprint density at radius 2 is 1.70 bits per heavy atom. The smallest absolute Gasteiger partial charge is 0.240 e. The van der Waals surface area contributed by atoms with E-state index in [1.807, 2.05) is 30.3 Å². The molecular formula is C23H26N2O4S. The predicted octanol–water partition coefficient (Wildman–Crippen LogP) is 3.16. The number of fused-ring (bicyclic) bond motifs is 1. The minimum Gasteiger partial charge on any atom is -0.497 e. The lowest BCUT2D eigenvalue weighted by atomic mass is 10.1. The lowest BCUT2D eigenvalue weighted by Gasteiger charge is -2.26. The number of hydrogen-bond acceptors (Lipinski definition) is 5. The van der Waals surface area contributed by atoms with Crippen LogP contribution in [-0.2, 0) is 27.8 Å². The summed E-state index contributed by atoms with van der Waals surface area (Å²) < 4.78 is 39.0. The monoisotopic (exact) mass is 426 g/mol. The second-order valence-electron chi connectivity index (χ2n) is 7.41. The van der Waals surface area contributed by atoms with E-state index in [0.29, 0.717) is 0 Å². The molecular weight excluding hydrogens is 400 g/mol. The standard InChI is InChI=1S/C23H26N2O4S/c1-28-22-7-5-21-15-23(8-6-20(21)14-22)30(26,27)24-16-18-3-2-4-19(13-18)17-25-9-11-29-12-10-25/h2-8,13-15,24H,9-12,16-17H2,1H3. The Morgan fingerprint density at radius 3 is 2.50 bits per heavy atom. The van der Waals surface area contributed by atoms with Gasteiger partial charge in [-0.3, -0.25) is 4.90 Å². The van der Waals surface area contributed by atoms with Crippen molar-refractivity contribution in [1.82, 2.24) is 9.62 Å². The summed E-state index contributed by atoms with van der Waals surface area (Å²) in [5, 5.41) is 1.79. The van der Waals surface area contributed by atoms with E-state index < -0.39 is 10.0 Å². The quantitative estimate of drug-likeness (QED) is 0.629. The van der Waals surface area contributed by atoms with E-state index in [9.17, 15) is 8.42 Å². The van der Waals surface area contributed by atoms with Crippen molar-refractivity contribution >= 4 is 20.8 Å². The van der Waals surface area contributed by atoms with E-state index in [-0.39, 0.29) is 11.4 Å². The third-order valence-electron chi connectivity index (χ3n) is 5.30. The molecule has 30 heavy (non-hydrogen) atoms. The van der Waals surface area contributed by atoms with Crippen molar-refractivity contribution in [3.63, 3.8) is 0 Å². The number of hydrogen-bond donors (Lipinski definition) is 1. The number of methoxy groups -OCH3 is 1. The summed E-state index contributed by atoms with van der Waals surface area (Å²) >= 11 is 0. The first-order chi connectivity index (χ1) is 14.5. The minimum atomic E-state index is -3.61. The average Bonchev–Trinajstić information content (AvgIpc) is 2.78. The summed E-state index contributed by atoms with van der Waals surface area (Å²) in [5.41, 5.74) is 2.11. The van der Waals surface area contributed by atoms with Gasteiger partial charge in [-0.2, -0.15) is 0 Å². The average molecular weight is 427 g/mol. The Morgan fingerprint density at radius 1 is 0.967 bits per heavy atom. The molecule has 0 aliphatic carbocycles. The molecule has 4 rings (SSSR count). The fraction of sp³-hybridized carbons (Fsp3) is 0.304. The van der Waals surface area contributed by atoms with Gasteiger partial charge in [0, 0.05) is 26.2 Å². The Hall–Kier alpha value is -2.45. The highest BCUT2D eigenvalue weighted by Gasteiger charge is 2.15. The number of sulfonamides is 1. The van der Waals surface area contributed by atoms with Crippen molar-refractivity contribution in [1.29, 1.82) is 0 Å². The molecule has 1 aliphatic heterocycles. The Labute approximate surface area is 177 Å². The van der Waals surface area contributed by atoms with Gasteiger partial charge in [0.25, 0.3) is 0 Å². The number of nitrogens with one attached hydrogen (secondary N) is 1. The molecule has 3 aromatic rings. The molecule has 0 saturated carbocycles. The van der Waals surface area contributed by atoms with Crippen molar-refractivity contribution in [3.05, 3.63) is 71.8 Å². The molecule has 7 heteroatoms. The highest BCUT2D eigenvalue weighted by molar-refractivity contribution is 7.89. The summed E-state index contributed by atoms with van der Waals surface area (Å²) in [7, 11) is -2.00. The van der Waals surface area contributed by atoms with Crippen LogP contribution >= 0.6 is 0 Å². The first-order valence-electron chi connectivity index (χ1n) is 9.99. The van der Waals surface area contributed by atoms with Gasteiger partial charge in [0.05, 0.1) is 25.2 Å². The fourth-order valence-electron chi connectivity index (χ4n) is 3.61. The molecule has 0 amide bonds. The third-order valence-corrected chi connectivity index (χ3v) is 6.70. The lowest BCUT2D eigenvalue weighted by Crippen LogP contribution is -2.35. The van der Waals surface area contributed by atoms with Gasteiger partial charge in [-0.15, -0.1) is 0 Å². The van der Waals surface area contributed by atoms with Gasteiger partial charge in [0.15, 0.2) is 0 Å². The van der Waals surface area contributed by atoms with Crippen LogP contribution in [0.2, 0.25) is 0 Å². The molecule has 3 aromatic carbocycles. The van der Waals surface area contributed by atoms with E-state index in [1.165, 1.54) is 5.56 Å². The van der Waals surface area contributed by atoms with Crippen molar-refractivity contribution < 1.29 is 17.9 Å². The van der Waals surface area contributed by atoms with Crippen LogP contribution in [0.3, 0.4) is 0 Å². The number of benzene rings is 3. The van der Waals surface area contributed by atoms with Crippen LogP contribution < -0.4 is 9.46 Å². The fourth-order valence-corrected chi connectivity index (χ4v) is 4.67. The summed E-state index contributed by atoms with van der Waals surface area (Å²) in [6.07, 6.45) is 0. The Bertz CT molecular complexity index is 1130. The topological polar surface area (TPSA) is 67.9 Å². The zero-order valence-corrected chi connectivity index (χ0v) is 17.8. The molecule has 1 fully saturated rings. The van der Waals surface area contributed by atoms with E-state index >= 15 is 0 Å². The minimum absolute atomic E-state index is 0.250. The molecule has 0 aromatic heterocycles. The van der Waals surface area contributed by atoms with Crippen LogP contribution in [0.25, 0.3) is 10.8 Å². The van der Waals surface area contributed by atoms with Crippen LogP contribution in [0, 0.1) is 0 Å². The Balaban J connectivity index is 1.45. The molecule has 0 atom stereocenters. The van der Waals surface area contributed by atoms with Gasteiger partial charge in [-0.1, -0.05) is 36.4 Å². The highest BCUT2D eigenvalue weighted by Crippen LogP contribution is 2.23. The first-order valence-corrected chi connectivity index (χ1v) is 11.5. The van der Waals surface area contributed by atoms with Gasteiger partial charge in [0.1, 0.15) is 5.75 Å². The SMILES string of the molecule is COc1ccc2cc(S(=O)(=O)NCc3cccc(CN4CCOCC4)c3)ccc2c1. The zero-order valence-electron chi connectivity index (χ0n) is 17.0. The summed E-state index contributed by atoms with van der Waals surface area (Å²) in [5.74, 6) is 0.744. The molecule has 0 bridgehead atoms. The highest BCUT2D eigenvalue weighted by atomic mass is 32.2. The van der Waals surface area contributed by atoms with Gasteiger partial charge >= 0.3 is 0 Å². The maximum Gasteiger partial charge on any atom is 0.240 e. The zero-order chi connectivity index (χ0) is 21.0. The molecule has 1 aliphatic rings. The Kier molecular flexibility index (Phi) is 6.34. The van der Waals surface area contributed by atoms with Crippen molar-refractivity contribution in [2.45, 2.75) is 18.0 Å². The number of ether oxygens (including phenoxy) is 2. The maximum absolute atomic E-state index is 12.8. The largest absolute Gasteiger partial charge is 0.497 e. The second kappa shape index (κ2) is 9.14. The van der Waals surface area contributed by atoms with Crippen molar-refractivity contribution in [2.24, 2.45) is 0 Å². The summed E-state index contributed by atoms with van der Waals surface area (Å²) in [6.45, 7) is 4.46. The molecule has 1 heterocycles. The van der Waals surface area contributed by atoms with Gasteiger partial charge in [-0.05, 0) is 46.2 Å². The molecule has 0 unspecified atom stereocenters. The number of morpholine rings is 1. The summed E-state index contributed by atoms with van der Waals surface area (Å²) in [4.78, 5) is 2.60. The van der Waals surface area contributed by atoms with Crippen LogP contribution in [0.15, 0.2) is 65.6 Å². The van der Waals surface area contributed by atoms with Crippen molar-refractivity contribution in [3.8, 4) is 5.75 Å². The lowest BCUT2D eigenvalue weighted by molar-refractivity contribution is 0.0342. The van der Waals surface area contributed by atoms with E-state index in [2.05, 4.69) is 21.8 Å². The summed E-state index contributed by atoms with van der Waals surface area (Å²) in [6, 6.07) is 18.7. The number of nitrogens with zero attached hydrogens (tertiary/aromatic N) is 1. The molecule has 0 spiro atoms. The van der Waals surface area contributed by atoms with Crippen LogP contribution in [0.4, 0.5) is 0 Å². The van der Waals surface area contributed by atoms with E-state index in [1.54, 1.807) is 25.3 Å². The normalized spacial score (nSPS) is 15.4. The molecule has 1 N–H and O–H groups in total. The predicted molar refractivity (Wildman–Crippen MR) is 117 cm³/mol. The maximum atomic E-state index is 12.8. The van der Waals surface area contributed by atoms with Gasteiger partial charge in [0.2, 0.25) is 10.0 Å². The van der Waals surface area contributed by atoms with Crippen LogP contribution in [0.5, 0.6) is 5.75 Å². The van der Waals surface area contributed by atoms with Gasteiger partial charge in [-0.25, -0.2) is 13.1 Å². The second-order valence-corrected chi connectivity index (χ2v) is 9.17. The molecule has 1 saturated heterocycles. The number of rotatable bonds is 7. The van der Waals surface area contributed by atoms with Crippen molar-refractivity contribution in [2.75, 3.05) is 33.4 Å². The molecule has 6 nitrogen and oxygen atoms in total. The van der Waals surface area contributed by atoms with E-state index in [4.69, 9.17) is 9.47 Å². The molecule has 158 valence electrons. The van der Waals surface area contributed by atoms with Gasteiger partial charge < -0.3 is 9.47 Å². The molecule has 0 radical (unpaired) electrons. The van der Waals surface area contributed by atoms with Crippen LogP contribution in [-0.4, -0.2) is 46.7 Å². The van der Waals surface area contributed by atoms with E-state index in [0.717, 1.165) is 54.9 Å². The van der Waals surface area contributed by atoms with Crippen LogP contribution in [0.1, 0.15) is 11.1 Å².